The highest BCUT2D eigenvalue weighted by Crippen LogP contribution is 2.36. The lowest BCUT2D eigenvalue weighted by molar-refractivity contribution is 0.503. The minimum Gasteiger partial charge on any atom is -0.365 e. The first-order valence-corrected chi connectivity index (χ1v) is 5.36. The molecule has 15 heavy (non-hydrogen) atoms. The summed E-state index contributed by atoms with van der Waals surface area (Å²) < 4.78 is 0. The van der Waals surface area contributed by atoms with Crippen LogP contribution in [0.1, 0.15) is 20.3 Å². The summed E-state index contributed by atoms with van der Waals surface area (Å²) in [6.45, 7) is 5.27. The Hall–Kier alpha value is -1.49. The molecular formula is C13H16N2. The maximum atomic E-state index is 8.99. The maximum Gasteiger partial charge on any atom is 0.0675 e. The van der Waals surface area contributed by atoms with Gasteiger partial charge in [0.25, 0.3) is 0 Å². The molecule has 0 radical (unpaired) electrons. The molecule has 1 aliphatic heterocycles. The minimum atomic E-state index is 0.0990. The van der Waals surface area contributed by atoms with Gasteiger partial charge in [-0.15, -0.1) is 0 Å². The van der Waals surface area contributed by atoms with Crippen LogP contribution >= 0.6 is 0 Å². The number of hydrogen-bond donors (Lipinski definition) is 0. The summed E-state index contributed by atoms with van der Waals surface area (Å²) in [5.74, 6) is 0.167. The summed E-state index contributed by atoms with van der Waals surface area (Å²) >= 11 is 0. The quantitative estimate of drug-likeness (QED) is 0.697. The zero-order chi connectivity index (χ0) is 10.9. The van der Waals surface area contributed by atoms with Gasteiger partial charge in [-0.3, -0.25) is 0 Å². The number of anilines is 1. The van der Waals surface area contributed by atoms with Crippen molar-refractivity contribution in [1.29, 1.82) is 5.26 Å². The predicted octanol–water partition coefficient (Wildman–Crippen LogP) is 2.82. The number of nitrogens with zero attached hydrogens (tertiary/aromatic N) is 2. The number of benzene rings is 1. The van der Waals surface area contributed by atoms with Crippen molar-refractivity contribution in [2.45, 2.75) is 25.8 Å². The van der Waals surface area contributed by atoms with Gasteiger partial charge in [0.2, 0.25) is 0 Å². The molecule has 1 aliphatic rings. The number of nitriles is 1. The van der Waals surface area contributed by atoms with Crippen LogP contribution in [0.5, 0.6) is 0 Å². The largest absolute Gasteiger partial charge is 0.365 e. The molecule has 0 aliphatic carbocycles. The monoisotopic (exact) mass is 200 g/mol. The van der Waals surface area contributed by atoms with Crippen molar-refractivity contribution in [3.05, 3.63) is 30.3 Å². The smallest absolute Gasteiger partial charge is 0.0675 e. The average Bonchev–Trinajstić information content (AvgIpc) is 2.55. The first-order valence-electron chi connectivity index (χ1n) is 5.36. The molecule has 2 heteroatoms. The average molecular weight is 200 g/mol. The van der Waals surface area contributed by atoms with E-state index in [1.165, 1.54) is 5.69 Å². The first-order chi connectivity index (χ1) is 7.13. The van der Waals surface area contributed by atoms with Gasteiger partial charge in [0.1, 0.15) is 0 Å². The van der Waals surface area contributed by atoms with Gasteiger partial charge in [-0.05, 0) is 32.4 Å². The van der Waals surface area contributed by atoms with Crippen LogP contribution < -0.4 is 4.90 Å². The SMILES string of the molecule is CC1(C)CC(C#N)CN1c1ccccc1. The van der Waals surface area contributed by atoms with Crippen LogP contribution in [-0.2, 0) is 0 Å². The highest BCUT2D eigenvalue weighted by Gasteiger charge is 2.38. The fraction of sp³-hybridized carbons (Fsp3) is 0.462. The Balaban J connectivity index is 2.28. The van der Waals surface area contributed by atoms with Crippen LogP contribution in [0.25, 0.3) is 0 Å². The molecule has 1 atom stereocenters. The maximum absolute atomic E-state index is 8.99. The summed E-state index contributed by atoms with van der Waals surface area (Å²) in [6.07, 6.45) is 0.957. The Kier molecular flexibility index (Phi) is 2.40. The van der Waals surface area contributed by atoms with Crippen molar-refractivity contribution < 1.29 is 0 Å². The Morgan fingerprint density at radius 1 is 1.33 bits per heavy atom. The topological polar surface area (TPSA) is 27.0 Å². The summed E-state index contributed by atoms with van der Waals surface area (Å²) in [6, 6.07) is 12.7. The van der Waals surface area contributed by atoms with Crippen LogP contribution in [0.2, 0.25) is 0 Å². The molecule has 0 spiro atoms. The Labute approximate surface area is 91.1 Å². The molecule has 0 N–H and O–H groups in total. The third-order valence-electron chi connectivity index (χ3n) is 3.13. The molecule has 0 saturated carbocycles. The van der Waals surface area contributed by atoms with Crippen LogP contribution in [0.3, 0.4) is 0 Å². The third-order valence-corrected chi connectivity index (χ3v) is 3.13. The van der Waals surface area contributed by atoms with Gasteiger partial charge in [-0.1, -0.05) is 18.2 Å². The molecule has 1 heterocycles. The molecule has 2 nitrogen and oxygen atoms in total. The third kappa shape index (κ3) is 1.83. The van der Waals surface area contributed by atoms with Crippen LogP contribution in [0, 0.1) is 17.2 Å². The van der Waals surface area contributed by atoms with Crippen molar-refractivity contribution in [3.63, 3.8) is 0 Å². The van der Waals surface area contributed by atoms with Crippen molar-refractivity contribution in [1.82, 2.24) is 0 Å². The van der Waals surface area contributed by atoms with Crippen LogP contribution in [0.4, 0.5) is 5.69 Å². The molecule has 0 amide bonds. The molecule has 1 aromatic carbocycles. The molecule has 2 rings (SSSR count). The van der Waals surface area contributed by atoms with Gasteiger partial charge >= 0.3 is 0 Å². The lowest BCUT2D eigenvalue weighted by atomic mass is 9.97. The van der Waals surface area contributed by atoms with E-state index in [-0.39, 0.29) is 11.5 Å². The van der Waals surface area contributed by atoms with Crippen molar-refractivity contribution in [2.24, 2.45) is 5.92 Å². The van der Waals surface area contributed by atoms with Gasteiger partial charge in [0.15, 0.2) is 0 Å². The van der Waals surface area contributed by atoms with E-state index in [1.807, 2.05) is 18.2 Å². The van der Waals surface area contributed by atoms with Gasteiger partial charge in [-0.25, -0.2) is 0 Å². The predicted molar refractivity (Wildman–Crippen MR) is 61.6 cm³/mol. The van der Waals surface area contributed by atoms with Crippen LogP contribution in [0.15, 0.2) is 30.3 Å². The highest BCUT2D eigenvalue weighted by atomic mass is 15.2. The molecule has 0 aromatic heterocycles. The number of para-hydroxylation sites is 1. The standard InChI is InChI=1S/C13H16N2/c1-13(2)8-11(9-14)10-15(13)12-6-4-3-5-7-12/h3-7,11H,8,10H2,1-2H3. The van der Waals surface area contributed by atoms with Gasteiger partial charge in [0, 0.05) is 17.8 Å². The fourth-order valence-electron chi connectivity index (χ4n) is 2.39. The van der Waals surface area contributed by atoms with E-state index in [4.69, 9.17) is 5.26 Å². The van der Waals surface area contributed by atoms with E-state index in [0.29, 0.717) is 0 Å². The van der Waals surface area contributed by atoms with E-state index >= 15 is 0 Å². The molecular weight excluding hydrogens is 184 g/mol. The summed E-state index contributed by atoms with van der Waals surface area (Å²) in [5, 5.41) is 8.99. The van der Waals surface area contributed by atoms with Crippen molar-refractivity contribution in [3.8, 4) is 6.07 Å². The van der Waals surface area contributed by atoms with E-state index in [1.54, 1.807) is 0 Å². The van der Waals surface area contributed by atoms with Gasteiger partial charge in [0.05, 0.1) is 12.0 Å². The summed E-state index contributed by atoms with van der Waals surface area (Å²) in [5.41, 5.74) is 1.32. The molecule has 1 saturated heterocycles. The van der Waals surface area contributed by atoms with Gasteiger partial charge in [-0.2, -0.15) is 5.26 Å². The number of hydrogen-bond acceptors (Lipinski definition) is 2. The molecule has 1 aromatic rings. The first kappa shape index (κ1) is 10.0. The van der Waals surface area contributed by atoms with Crippen molar-refractivity contribution in [2.75, 3.05) is 11.4 Å². The summed E-state index contributed by atoms with van der Waals surface area (Å²) in [4.78, 5) is 2.33. The zero-order valence-corrected chi connectivity index (χ0v) is 9.27. The van der Waals surface area contributed by atoms with Crippen LogP contribution in [-0.4, -0.2) is 12.1 Å². The van der Waals surface area contributed by atoms with E-state index in [0.717, 1.165) is 13.0 Å². The van der Waals surface area contributed by atoms with Gasteiger partial charge < -0.3 is 4.90 Å². The molecule has 1 fully saturated rings. The zero-order valence-electron chi connectivity index (χ0n) is 9.27. The van der Waals surface area contributed by atoms with E-state index < -0.39 is 0 Å². The number of rotatable bonds is 1. The second-order valence-corrected chi connectivity index (χ2v) is 4.79. The summed E-state index contributed by atoms with van der Waals surface area (Å²) in [7, 11) is 0. The molecule has 0 bridgehead atoms. The lowest BCUT2D eigenvalue weighted by Crippen LogP contribution is -2.38. The fourth-order valence-corrected chi connectivity index (χ4v) is 2.39. The normalized spacial score (nSPS) is 23.8. The Bertz CT molecular complexity index is 375. The highest BCUT2D eigenvalue weighted by molar-refractivity contribution is 5.50. The molecule has 78 valence electrons. The Morgan fingerprint density at radius 3 is 2.53 bits per heavy atom. The Morgan fingerprint density at radius 2 is 2.00 bits per heavy atom. The van der Waals surface area contributed by atoms with E-state index in [9.17, 15) is 0 Å². The second kappa shape index (κ2) is 3.58. The van der Waals surface area contributed by atoms with Crippen molar-refractivity contribution >= 4 is 5.69 Å². The lowest BCUT2D eigenvalue weighted by Gasteiger charge is -2.33. The minimum absolute atomic E-state index is 0.0990. The molecule has 1 unspecified atom stereocenters. The second-order valence-electron chi connectivity index (χ2n) is 4.79. The van der Waals surface area contributed by atoms with E-state index in [2.05, 4.69) is 36.9 Å².